The summed E-state index contributed by atoms with van der Waals surface area (Å²) in [5.74, 6) is 0.723. The molecule has 0 saturated heterocycles. The Morgan fingerprint density at radius 1 is 1.33 bits per heavy atom. The lowest BCUT2D eigenvalue weighted by molar-refractivity contribution is 0.208. The number of rotatable bonds is 5. The predicted octanol–water partition coefficient (Wildman–Crippen LogP) is 3.46. The largest absolute Gasteiger partial charge is 0.475 e. The summed E-state index contributed by atoms with van der Waals surface area (Å²) in [5.41, 5.74) is 2.38. The molecule has 0 fully saturated rings. The van der Waals surface area contributed by atoms with Gasteiger partial charge in [0.2, 0.25) is 5.88 Å². The van der Waals surface area contributed by atoms with E-state index >= 15 is 0 Å². The zero-order valence-electron chi connectivity index (χ0n) is 12.5. The summed E-state index contributed by atoms with van der Waals surface area (Å²) in [4.78, 5) is 4.50. The van der Waals surface area contributed by atoms with Gasteiger partial charge >= 0.3 is 0 Å². The van der Waals surface area contributed by atoms with Crippen LogP contribution in [0, 0.1) is 6.92 Å². The van der Waals surface area contributed by atoms with Crippen LogP contribution >= 0.6 is 0 Å². The van der Waals surface area contributed by atoms with Gasteiger partial charge in [0.25, 0.3) is 0 Å². The molecule has 1 aromatic heterocycles. The van der Waals surface area contributed by atoms with E-state index in [9.17, 15) is 0 Å². The van der Waals surface area contributed by atoms with Gasteiger partial charge in [-0.3, -0.25) is 0 Å². The van der Waals surface area contributed by atoms with E-state index in [0.717, 1.165) is 24.5 Å². The van der Waals surface area contributed by atoms with Crippen molar-refractivity contribution in [3.05, 3.63) is 23.4 Å². The third-order valence-corrected chi connectivity index (χ3v) is 2.88. The fourth-order valence-electron chi connectivity index (χ4n) is 1.47. The summed E-state index contributed by atoms with van der Waals surface area (Å²) in [7, 11) is 0. The molecule has 0 aliphatic rings. The minimum Gasteiger partial charge on any atom is -0.475 e. The van der Waals surface area contributed by atoms with Crippen LogP contribution in [0.4, 0.5) is 0 Å². The Labute approximate surface area is 111 Å². The number of hydrogen-bond donors (Lipinski definition) is 1. The molecule has 1 atom stereocenters. The highest BCUT2D eigenvalue weighted by Gasteiger charge is 2.10. The Kier molecular flexibility index (Phi) is 5.15. The van der Waals surface area contributed by atoms with E-state index in [2.05, 4.69) is 51.0 Å². The van der Waals surface area contributed by atoms with Crippen molar-refractivity contribution in [2.45, 2.75) is 66.2 Å². The first-order valence-corrected chi connectivity index (χ1v) is 6.70. The van der Waals surface area contributed by atoms with Gasteiger partial charge in [-0.2, -0.15) is 0 Å². The van der Waals surface area contributed by atoms with Crippen LogP contribution in [0.1, 0.15) is 52.3 Å². The first-order chi connectivity index (χ1) is 8.31. The molecule has 1 heterocycles. The van der Waals surface area contributed by atoms with E-state index in [1.165, 1.54) is 5.56 Å². The van der Waals surface area contributed by atoms with E-state index < -0.39 is 0 Å². The highest BCUT2D eigenvalue weighted by atomic mass is 16.5. The maximum Gasteiger partial charge on any atom is 0.213 e. The first kappa shape index (κ1) is 15.0. The van der Waals surface area contributed by atoms with Crippen LogP contribution in [0.15, 0.2) is 12.1 Å². The van der Waals surface area contributed by atoms with Crippen LogP contribution in [0.25, 0.3) is 0 Å². The monoisotopic (exact) mass is 250 g/mol. The average molecular weight is 250 g/mol. The van der Waals surface area contributed by atoms with Gasteiger partial charge in [0.05, 0.1) is 6.10 Å². The molecular formula is C15H26N2O. The second-order valence-electron chi connectivity index (χ2n) is 5.83. The van der Waals surface area contributed by atoms with Crippen LogP contribution in [0.5, 0.6) is 5.88 Å². The van der Waals surface area contributed by atoms with Crippen molar-refractivity contribution in [2.75, 3.05) is 0 Å². The molecular weight excluding hydrogens is 224 g/mol. The van der Waals surface area contributed by atoms with Gasteiger partial charge in [-0.05, 0) is 46.6 Å². The quantitative estimate of drug-likeness (QED) is 0.869. The number of pyridine rings is 1. The van der Waals surface area contributed by atoms with Gasteiger partial charge in [0, 0.05) is 23.8 Å². The lowest BCUT2D eigenvalue weighted by Crippen LogP contribution is -2.35. The second kappa shape index (κ2) is 6.19. The van der Waals surface area contributed by atoms with Crippen molar-refractivity contribution >= 4 is 0 Å². The molecule has 0 spiro atoms. The molecule has 1 rings (SSSR count). The van der Waals surface area contributed by atoms with Gasteiger partial charge < -0.3 is 10.1 Å². The van der Waals surface area contributed by atoms with Crippen LogP contribution < -0.4 is 10.1 Å². The molecule has 0 aromatic carbocycles. The van der Waals surface area contributed by atoms with E-state index in [0.29, 0.717) is 0 Å². The number of aromatic nitrogens is 1. The van der Waals surface area contributed by atoms with Crippen molar-refractivity contribution in [3.63, 3.8) is 0 Å². The molecule has 0 saturated carbocycles. The molecule has 1 N–H and O–H groups in total. The molecule has 3 nitrogen and oxygen atoms in total. The molecule has 0 radical (unpaired) electrons. The number of hydrogen-bond acceptors (Lipinski definition) is 3. The van der Waals surface area contributed by atoms with Crippen LogP contribution in [-0.4, -0.2) is 16.6 Å². The minimum atomic E-state index is 0.123. The number of aryl methyl sites for hydroxylation is 1. The van der Waals surface area contributed by atoms with Crippen molar-refractivity contribution < 1.29 is 4.74 Å². The molecule has 18 heavy (non-hydrogen) atoms. The van der Waals surface area contributed by atoms with E-state index in [1.807, 2.05) is 13.0 Å². The smallest absolute Gasteiger partial charge is 0.213 e. The fraction of sp³-hybridized carbons (Fsp3) is 0.667. The third kappa shape index (κ3) is 5.05. The van der Waals surface area contributed by atoms with Gasteiger partial charge in [-0.1, -0.05) is 13.0 Å². The first-order valence-electron chi connectivity index (χ1n) is 6.70. The van der Waals surface area contributed by atoms with Crippen molar-refractivity contribution in [2.24, 2.45) is 0 Å². The summed E-state index contributed by atoms with van der Waals surface area (Å²) in [6.07, 6.45) is 1.21. The average Bonchev–Trinajstić information content (AvgIpc) is 2.26. The Morgan fingerprint density at radius 3 is 2.50 bits per heavy atom. The Hall–Kier alpha value is -1.09. The Bertz CT molecular complexity index is 383. The van der Waals surface area contributed by atoms with Gasteiger partial charge in [-0.25, -0.2) is 4.98 Å². The van der Waals surface area contributed by atoms with Crippen molar-refractivity contribution in [1.29, 1.82) is 0 Å². The second-order valence-corrected chi connectivity index (χ2v) is 5.83. The van der Waals surface area contributed by atoms with E-state index in [1.54, 1.807) is 0 Å². The molecule has 0 aliphatic carbocycles. The molecule has 1 unspecified atom stereocenters. The molecule has 102 valence electrons. The SMILES string of the molecule is CCC(C)Oc1ccc(CNC(C)(C)C)c(C)n1. The maximum atomic E-state index is 5.71. The van der Waals surface area contributed by atoms with E-state index in [-0.39, 0.29) is 11.6 Å². The Morgan fingerprint density at radius 2 is 2.00 bits per heavy atom. The molecule has 0 amide bonds. The summed E-state index contributed by atoms with van der Waals surface area (Å²) >= 11 is 0. The normalized spacial score (nSPS) is 13.4. The molecule has 3 heteroatoms. The highest BCUT2D eigenvalue weighted by molar-refractivity contribution is 5.25. The van der Waals surface area contributed by atoms with Gasteiger partial charge in [0.15, 0.2) is 0 Å². The van der Waals surface area contributed by atoms with Crippen LogP contribution in [-0.2, 0) is 6.54 Å². The molecule has 0 bridgehead atoms. The lowest BCUT2D eigenvalue weighted by Gasteiger charge is -2.21. The number of ether oxygens (including phenoxy) is 1. The van der Waals surface area contributed by atoms with Gasteiger partial charge in [0.1, 0.15) is 0 Å². The number of nitrogens with zero attached hydrogens (tertiary/aromatic N) is 1. The fourth-order valence-corrected chi connectivity index (χ4v) is 1.47. The molecule has 0 aliphatic heterocycles. The third-order valence-electron chi connectivity index (χ3n) is 2.88. The standard InChI is InChI=1S/C15H26N2O/c1-7-11(2)18-14-9-8-13(12(3)17-14)10-16-15(4,5)6/h8-9,11,16H,7,10H2,1-6H3. The topological polar surface area (TPSA) is 34.1 Å². The zero-order chi connectivity index (χ0) is 13.8. The minimum absolute atomic E-state index is 0.123. The van der Waals surface area contributed by atoms with Crippen LogP contribution in [0.2, 0.25) is 0 Å². The number of nitrogens with one attached hydrogen (secondary N) is 1. The Balaban J connectivity index is 2.68. The summed E-state index contributed by atoms with van der Waals surface area (Å²) < 4.78 is 5.71. The van der Waals surface area contributed by atoms with Crippen molar-refractivity contribution in [1.82, 2.24) is 10.3 Å². The highest BCUT2D eigenvalue weighted by Crippen LogP contribution is 2.15. The van der Waals surface area contributed by atoms with Crippen LogP contribution in [0.3, 0.4) is 0 Å². The lowest BCUT2D eigenvalue weighted by atomic mass is 10.1. The van der Waals surface area contributed by atoms with Gasteiger partial charge in [-0.15, -0.1) is 0 Å². The summed E-state index contributed by atoms with van der Waals surface area (Å²) in [5, 5.41) is 3.47. The van der Waals surface area contributed by atoms with Crippen molar-refractivity contribution in [3.8, 4) is 5.88 Å². The zero-order valence-corrected chi connectivity index (χ0v) is 12.5. The maximum absolute atomic E-state index is 5.71. The summed E-state index contributed by atoms with van der Waals surface area (Å²) in [6.45, 7) is 13.5. The summed E-state index contributed by atoms with van der Waals surface area (Å²) in [6, 6.07) is 4.05. The predicted molar refractivity (Wildman–Crippen MR) is 75.9 cm³/mol. The molecule has 1 aromatic rings. The van der Waals surface area contributed by atoms with E-state index in [4.69, 9.17) is 4.74 Å².